The monoisotopic (exact) mass is 238 g/mol. The molecular formula is C12H14O5. The van der Waals surface area contributed by atoms with E-state index in [2.05, 4.69) is 0 Å². The maximum atomic E-state index is 11.0. The molecule has 0 bridgehead atoms. The second kappa shape index (κ2) is 5.37. The highest BCUT2D eigenvalue weighted by Gasteiger charge is 2.37. The Hall–Kier alpha value is -1.27. The van der Waals surface area contributed by atoms with E-state index in [1.54, 1.807) is 0 Å². The van der Waals surface area contributed by atoms with E-state index in [9.17, 15) is 15.0 Å². The van der Waals surface area contributed by atoms with Crippen molar-refractivity contribution >= 4 is 5.78 Å². The van der Waals surface area contributed by atoms with E-state index in [0.29, 0.717) is 0 Å². The van der Waals surface area contributed by atoms with E-state index in [4.69, 9.17) is 9.47 Å². The quantitative estimate of drug-likeness (QED) is 0.766. The largest absolute Gasteiger partial charge is 0.385 e. The molecule has 1 aliphatic rings. The highest BCUT2D eigenvalue weighted by Crippen LogP contribution is 2.15. The summed E-state index contributed by atoms with van der Waals surface area (Å²) in [5.74, 6) is -0.530. The van der Waals surface area contributed by atoms with Crippen LogP contribution in [0.3, 0.4) is 0 Å². The molecule has 0 aliphatic carbocycles. The molecule has 1 fully saturated rings. The van der Waals surface area contributed by atoms with Gasteiger partial charge in [0.05, 0.1) is 6.61 Å². The zero-order chi connectivity index (χ0) is 12.3. The lowest BCUT2D eigenvalue weighted by Gasteiger charge is -2.30. The minimum absolute atomic E-state index is 0.238. The molecule has 0 radical (unpaired) electrons. The summed E-state index contributed by atoms with van der Waals surface area (Å²) in [4.78, 5) is 11.0. The van der Waals surface area contributed by atoms with Crippen LogP contribution in [0.25, 0.3) is 0 Å². The number of Topliss-reactive ketones (excluding diaryl/α,β-unsaturated/α-hetero) is 1. The van der Waals surface area contributed by atoms with Gasteiger partial charge in [0.1, 0.15) is 18.8 Å². The summed E-state index contributed by atoms with van der Waals surface area (Å²) in [5.41, 5.74) is 0.926. The SMILES string of the molecule is O=C1COC(OCc2ccccc2)[C@@H](O)[C@@H]1O. The molecule has 1 aliphatic heterocycles. The first-order valence-electron chi connectivity index (χ1n) is 5.34. The van der Waals surface area contributed by atoms with E-state index in [-0.39, 0.29) is 13.2 Å². The number of hydrogen-bond acceptors (Lipinski definition) is 5. The molecule has 0 spiro atoms. The molecule has 2 rings (SSSR count). The van der Waals surface area contributed by atoms with Crippen LogP contribution in [0.1, 0.15) is 5.56 Å². The molecule has 0 aromatic heterocycles. The number of hydrogen-bond donors (Lipinski definition) is 2. The van der Waals surface area contributed by atoms with Crippen molar-refractivity contribution in [2.45, 2.75) is 25.1 Å². The van der Waals surface area contributed by atoms with Crippen molar-refractivity contribution in [3.63, 3.8) is 0 Å². The van der Waals surface area contributed by atoms with Crippen LogP contribution in [0.2, 0.25) is 0 Å². The molecule has 1 aromatic rings. The van der Waals surface area contributed by atoms with Crippen LogP contribution in [0, 0.1) is 0 Å². The molecule has 0 saturated carbocycles. The van der Waals surface area contributed by atoms with Crippen LogP contribution < -0.4 is 0 Å². The Morgan fingerprint density at radius 3 is 2.71 bits per heavy atom. The summed E-state index contributed by atoms with van der Waals surface area (Å²) < 4.78 is 10.3. The van der Waals surface area contributed by atoms with Gasteiger partial charge in [-0.15, -0.1) is 0 Å². The number of benzene rings is 1. The fourth-order valence-corrected chi connectivity index (χ4v) is 1.59. The predicted octanol–water partition coefficient (Wildman–Crippen LogP) is -0.150. The Morgan fingerprint density at radius 1 is 1.29 bits per heavy atom. The lowest BCUT2D eigenvalue weighted by atomic mass is 10.1. The maximum absolute atomic E-state index is 11.0. The molecule has 5 heteroatoms. The number of aliphatic hydroxyl groups is 2. The highest BCUT2D eigenvalue weighted by atomic mass is 16.7. The van der Waals surface area contributed by atoms with Gasteiger partial charge in [-0.25, -0.2) is 0 Å². The van der Waals surface area contributed by atoms with E-state index in [0.717, 1.165) is 5.56 Å². The summed E-state index contributed by atoms with van der Waals surface area (Å²) >= 11 is 0. The summed E-state index contributed by atoms with van der Waals surface area (Å²) in [6.45, 7) is 0.0150. The van der Waals surface area contributed by atoms with Gasteiger partial charge >= 0.3 is 0 Å². The van der Waals surface area contributed by atoms with E-state index in [1.807, 2.05) is 30.3 Å². The number of carbonyl (C=O) groups is 1. The van der Waals surface area contributed by atoms with Crippen LogP contribution in [0.4, 0.5) is 0 Å². The smallest absolute Gasteiger partial charge is 0.189 e. The summed E-state index contributed by atoms with van der Waals surface area (Å²) in [6, 6.07) is 9.37. The van der Waals surface area contributed by atoms with Crippen molar-refractivity contribution in [3.05, 3.63) is 35.9 Å². The van der Waals surface area contributed by atoms with Gasteiger partial charge in [0.2, 0.25) is 0 Å². The van der Waals surface area contributed by atoms with Gasteiger partial charge in [0, 0.05) is 0 Å². The zero-order valence-electron chi connectivity index (χ0n) is 9.15. The van der Waals surface area contributed by atoms with Gasteiger partial charge in [-0.3, -0.25) is 4.79 Å². The Labute approximate surface area is 98.6 Å². The zero-order valence-corrected chi connectivity index (χ0v) is 9.15. The van der Waals surface area contributed by atoms with Crippen molar-refractivity contribution in [1.29, 1.82) is 0 Å². The van der Waals surface area contributed by atoms with Crippen LogP contribution in [-0.4, -0.2) is 41.1 Å². The molecule has 5 nitrogen and oxygen atoms in total. The minimum atomic E-state index is -1.43. The molecule has 2 N–H and O–H groups in total. The number of ketones is 1. The second-order valence-corrected chi connectivity index (χ2v) is 3.88. The Bertz CT molecular complexity index is 378. The maximum Gasteiger partial charge on any atom is 0.189 e. The van der Waals surface area contributed by atoms with Crippen LogP contribution in [-0.2, 0) is 20.9 Å². The molecule has 17 heavy (non-hydrogen) atoms. The van der Waals surface area contributed by atoms with Gasteiger partial charge in [-0.1, -0.05) is 30.3 Å². The van der Waals surface area contributed by atoms with Gasteiger partial charge < -0.3 is 19.7 Å². The first-order valence-corrected chi connectivity index (χ1v) is 5.34. The molecular weight excluding hydrogens is 224 g/mol. The van der Waals surface area contributed by atoms with Gasteiger partial charge in [0.15, 0.2) is 12.1 Å². The Morgan fingerprint density at radius 2 is 2.00 bits per heavy atom. The number of carbonyl (C=O) groups excluding carboxylic acids is 1. The third-order valence-corrected chi connectivity index (χ3v) is 2.58. The standard InChI is InChI=1S/C12H14O5/c13-9-7-17-12(11(15)10(9)14)16-6-8-4-2-1-3-5-8/h1-5,10-12,14-15H,6-7H2/t10-,11+,12?/m1/s1. The first-order chi connectivity index (χ1) is 8.18. The average molecular weight is 238 g/mol. The van der Waals surface area contributed by atoms with Crippen molar-refractivity contribution < 1.29 is 24.5 Å². The lowest BCUT2D eigenvalue weighted by Crippen LogP contribution is -2.51. The molecule has 1 aromatic carbocycles. The molecule has 0 amide bonds. The van der Waals surface area contributed by atoms with E-state index >= 15 is 0 Å². The lowest BCUT2D eigenvalue weighted by molar-refractivity contribution is -0.238. The summed E-state index contributed by atoms with van der Waals surface area (Å²) in [6.07, 6.45) is -3.73. The van der Waals surface area contributed by atoms with Crippen molar-refractivity contribution in [3.8, 4) is 0 Å². The van der Waals surface area contributed by atoms with Crippen molar-refractivity contribution in [1.82, 2.24) is 0 Å². The molecule has 1 unspecified atom stereocenters. The number of aliphatic hydroxyl groups excluding tert-OH is 2. The van der Waals surface area contributed by atoms with Crippen molar-refractivity contribution in [2.75, 3.05) is 6.61 Å². The normalized spacial score (nSPS) is 29.3. The molecule has 1 heterocycles. The first kappa shape index (κ1) is 12.2. The van der Waals surface area contributed by atoms with Crippen LogP contribution in [0.15, 0.2) is 30.3 Å². The van der Waals surface area contributed by atoms with E-state index < -0.39 is 24.3 Å². The number of rotatable bonds is 3. The highest BCUT2D eigenvalue weighted by molar-refractivity contribution is 5.85. The molecule has 92 valence electrons. The topological polar surface area (TPSA) is 76.0 Å². The Kier molecular flexibility index (Phi) is 3.86. The minimum Gasteiger partial charge on any atom is -0.385 e. The molecule has 3 atom stereocenters. The molecule has 1 saturated heterocycles. The fraction of sp³-hybridized carbons (Fsp3) is 0.417. The second-order valence-electron chi connectivity index (χ2n) is 3.88. The van der Waals surface area contributed by atoms with Crippen molar-refractivity contribution in [2.24, 2.45) is 0 Å². The van der Waals surface area contributed by atoms with E-state index in [1.165, 1.54) is 0 Å². The van der Waals surface area contributed by atoms with Gasteiger partial charge in [0.25, 0.3) is 0 Å². The third kappa shape index (κ3) is 2.89. The average Bonchev–Trinajstić information content (AvgIpc) is 2.36. The van der Waals surface area contributed by atoms with Crippen LogP contribution in [0.5, 0.6) is 0 Å². The van der Waals surface area contributed by atoms with Crippen LogP contribution >= 0.6 is 0 Å². The third-order valence-electron chi connectivity index (χ3n) is 2.58. The van der Waals surface area contributed by atoms with Gasteiger partial charge in [-0.05, 0) is 5.56 Å². The van der Waals surface area contributed by atoms with Gasteiger partial charge in [-0.2, -0.15) is 0 Å². The summed E-state index contributed by atoms with van der Waals surface area (Å²) in [7, 11) is 0. The predicted molar refractivity (Wildman–Crippen MR) is 58.0 cm³/mol. The summed E-state index contributed by atoms with van der Waals surface area (Å²) in [5, 5.41) is 18.9. The Balaban J connectivity index is 1.89. The fourth-order valence-electron chi connectivity index (χ4n) is 1.59. The number of ether oxygens (including phenoxy) is 2.